The van der Waals surface area contributed by atoms with E-state index in [1.54, 1.807) is 18.3 Å². The first-order valence-electron chi connectivity index (χ1n) is 7.15. The van der Waals surface area contributed by atoms with Crippen LogP contribution >= 0.6 is 0 Å². The van der Waals surface area contributed by atoms with Crippen LogP contribution in [-0.2, 0) is 13.1 Å². The molecule has 0 amide bonds. The van der Waals surface area contributed by atoms with Crippen LogP contribution in [0.2, 0.25) is 0 Å². The molecule has 3 heterocycles. The van der Waals surface area contributed by atoms with Crippen molar-refractivity contribution in [1.29, 1.82) is 0 Å². The zero-order valence-electron chi connectivity index (χ0n) is 11.9. The molecule has 4 rings (SSSR count). The van der Waals surface area contributed by atoms with Gasteiger partial charge in [0.05, 0.1) is 13.1 Å². The van der Waals surface area contributed by atoms with E-state index in [1.165, 1.54) is 6.07 Å². The Morgan fingerprint density at radius 2 is 2.00 bits per heavy atom. The van der Waals surface area contributed by atoms with Crippen LogP contribution in [0, 0.1) is 5.82 Å². The number of halogens is 1. The molecule has 0 bridgehead atoms. The molecule has 5 nitrogen and oxygen atoms in total. The van der Waals surface area contributed by atoms with Crippen molar-refractivity contribution >= 4 is 5.69 Å². The van der Waals surface area contributed by atoms with Crippen molar-refractivity contribution in [3.05, 3.63) is 60.3 Å². The van der Waals surface area contributed by atoms with Gasteiger partial charge in [-0.2, -0.15) is 0 Å². The van der Waals surface area contributed by atoms with Gasteiger partial charge in [0, 0.05) is 18.4 Å². The predicted octanol–water partition coefficient (Wildman–Crippen LogP) is 2.50. The number of anilines is 1. The van der Waals surface area contributed by atoms with E-state index >= 15 is 0 Å². The molecule has 0 aliphatic carbocycles. The topological polar surface area (TPSA) is 46.8 Å². The standard InChI is InChI=1S/C16H14FN5/c17-12-4-3-5-13(10-12)21-8-9-22-15(11-21)19-16(20-22)14-6-1-2-7-18-14/h1-7,10H,8-9,11H2. The molecule has 0 N–H and O–H groups in total. The van der Waals surface area contributed by atoms with Crippen molar-refractivity contribution in [2.45, 2.75) is 13.1 Å². The highest BCUT2D eigenvalue weighted by Gasteiger charge is 2.21. The molecule has 0 atom stereocenters. The van der Waals surface area contributed by atoms with Gasteiger partial charge in [0.2, 0.25) is 0 Å². The molecule has 3 aromatic rings. The van der Waals surface area contributed by atoms with Crippen LogP contribution < -0.4 is 4.90 Å². The molecule has 6 heteroatoms. The van der Waals surface area contributed by atoms with Gasteiger partial charge in [-0.1, -0.05) is 12.1 Å². The first kappa shape index (κ1) is 12.9. The van der Waals surface area contributed by atoms with Crippen molar-refractivity contribution in [2.75, 3.05) is 11.4 Å². The number of nitrogens with zero attached hydrogens (tertiary/aromatic N) is 5. The predicted molar refractivity (Wildman–Crippen MR) is 80.7 cm³/mol. The minimum absolute atomic E-state index is 0.223. The summed E-state index contributed by atoms with van der Waals surface area (Å²) >= 11 is 0. The second-order valence-electron chi connectivity index (χ2n) is 5.19. The van der Waals surface area contributed by atoms with Gasteiger partial charge in [0.25, 0.3) is 0 Å². The average molecular weight is 295 g/mol. The molecular weight excluding hydrogens is 281 g/mol. The molecule has 0 fully saturated rings. The van der Waals surface area contributed by atoms with Crippen LogP contribution in [0.1, 0.15) is 5.82 Å². The molecule has 1 aliphatic rings. The molecule has 0 saturated heterocycles. The van der Waals surface area contributed by atoms with Gasteiger partial charge in [-0.15, -0.1) is 5.10 Å². The van der Waals surface area contributed by atoms with Crippen LogP contribution in [0.4, 0.5) is 10.1 Å². The van der Waals surface area contributed by atoms with Crippen LogP contribution in [0.15, 0.2) is 48.7 Å². The van der Waals surface area contributed by atoms with E-state index in [0.717, 1.165) is 30.3 Å². The van der Waals surface area contributed by atoms with Gasteiger partial charge in [0.15, 0.2) is 5.82 Å². The molecule has 1 aliphatic heterocycles. The quantitative estimate of drug-likeness (QED) is 0.729. The highest BCUT2D eigenvalue weighted by atomic mass is 19.1. The van der Waals surface area contributed by atoms with Gasteiger partial charge < -0.3 is 4.90 Å². The van der Waals surface area contributed by atoms with Crippen molar-refractivity contribution in [3.8, 4) is 11.5 Å². The highest BCUT2D eigenvalue weighted by molar-refractivity contribution is 5.50. The molecule has 0 spiro atoms. The Kier molecular flexibility index (Phi) is 3.07. The normalized spacial score (nSPS) is 14.0. The van der Waals surface area contributed by atoms with Gasteiger partial charge in [-0.25, -0.2) is 14.1 Å². The molecule has 110 valence electrons. The van der Waals surface area contributed by atoms with Gasteiger partial charge in [0.1, 0.15) is 17.3 Å². The monoisotopic (exact) mass is 295 g/mol. The molecule has 1 aromatic carbocycles. The molecule has 2 aromatic heterocycles. The summed E-state index contributed by atoms with van der Waals surface area (Å²) in [5.74, 6) is 1.28. The number of hydrogen-bond donors (Lipinski definition) is 0. The van der Waals surface area contributed by atoms with Crippen molar-refractivity contribution < 1.29 is 4.39 Å². The smallest absolute Gasteiger partial charge is 0.200 e. The summed E-state index contributed by atoms with van der Waals surface area (Å²) in [5.41, 5.74) is 1.63. The largest absolute Gasteiger partial charge is 0.362 e. The maximum absolute atomic E-state index is 13.4. The minimum Gasteiger partial charge on any atom is -0.362 e. The fourth-order valence-corrected chi connectivity index (χ4v) is 2.63. The molecule has 0 saturated carbocycles. The average Bonchev–Trinajstić information content (AvgIpc) is 2.99. The summed E-state index contributed by atoms with van der Waals surface area (Å²) in [6, 6.07) is 12.3. The second-order valence-corrected chi connectivity index (χ2v) is 5.19. The Morgan fingerprint density at radius 3 is 2.82 bits per heavy atom. The fourth-order valence-electron chi connectivity index (χ4n) is 2.63. The van der Waals surface area contributed by atoms with Crippen LogP contribution in [0.5, 0.6) is 0 Å². The molecule has 0 radical (unpaired) electrons. The molecular formula is C16H14FN5. The van der Waals surface area contributed by atoms with Gasteiger partial charge in [-0.3, -0.25) is 4.98 Å². The Hall–Kier alpha value is -2.76. The zero-order chi connectivity index (χ0) is 14.9. The van der Waals surface area contributed by atoms with E-state index in [9.17, 15) is 4.39 Å². The highest BCUT2D eigenvalue weighted by Crippen LogP contribution is 2.22. The number of hydrogen-bond acceptors (Lipinski definition) is 4. The first-order valence-corrected chi connectivity index (χ1v) is 7.15. The van der Waals surface area contributed by atoms with Crippen LogP contribution in [0.25, 0.3) is 11.5 Å². The summed E-state index contributed by atoms with van der Waals surface area (Å²) in [6.45, 7) is 2.12. The lowest BCUT2D eigenvalue weighted by atomic mass is 10.2. The SMILES string of the molecule is Fc1cccc(N2CCn3nc(-c4ccccn4)nc3C2)c1. The summed E-state index contributed by atoms with van der Waals surface area (Å²) in [5, 5.41) is 4.51. The Labute approximate surface area is 127 Å². The number of benzene rings is 1. The van der Waals surface area contributed by atoms with Crippen molar-refractivity contribution in [2.24, 2.45) is 0 Å². The van der Waals surface area contributed by atoms with Gasteiger partial charge in [-0.05, 0) is 30.3 Å². The lowest BCUT2D eigenvalue weighted by Gasteiger charge is -2.28. The third-order valence-corrected chi connectivity index (χ3v) is 3.73. The lowest BCUT2D eigenvalue weighted by molar-refractivity contribution is 0.512. The Balaban J connectivity index is 1.63. The third kappa shape index (κ3) is 2.32. The summed E-state index contributed by atoms with van der Waals surface area (Å²) in [4.78, 5) is 11.0. The van der Waals surface area contributed by atoms with E-state index in [-0.39, 0.29) is 5.82 Å². The van der Waals surface area contributed by atoms with E-state index in [0.29, 0.717) is 12.4 Å². The van der Waals surface area contributed by atoms with E-state index < -0.39 is 0 Å². The Morgan fingerprint density at radius 1 is 1.05 bits per heavy atom. The number of fused-ring (bicyclic) bond motifs is 1. The molecule has 0 unspecified atom stereocenters. The first-order chi connectivity index (χ1) is 10.8. The van der Waals surface area contributed by atoms with Crippen molar-refractivity contribution in [1.82, 2.24) is 19.7 Å². The minimum atomic E-state index is -0.223. The van der Waals surface area contributed by atoms with Crippen molar-refractivity contribution in [3.63, 3.8) is 0 Å². The zero-order valence-corrected chi connectivity index (χ0v) is 11.9. The maximum Gasteiger partial charge on any atom is 0.200 e. The number of aromatic nitrogens is 4. The lowest BCUT2D eigenvalue weighted by Crippen LogP contribution is -2.34. The maximum atomic E-state index is 13.4. The summed E-state index contributed by atoms with van der Waals surface area (Å²) in [7, 11) is 0. The summed E-state index contributed by atoms with van der Waals surface area (Å²) < 4.78 is 15.3. The molecule has 22 heavy (non-hydrogen) atoms. The Bertz CT molecular complexity index is 799. The van der Waals surface area contributed by atoms with Crippen LogP contribution in [0.3, 0.4) is 0 Å². The number of pyridine rings is 1. The van der Waals surface area contributed by atoms with Gasteiger partial charge >= 0.3 is 0 Å². The second kappa shape index (κ2) is 5.22. The summed E-state index contributed by atoms with van der Waals surface area (Å²) in [6.07, 6.45) is 1.73. The van der Waals surface area contributed by atoms with Crippen LogP contribution in [-0.4, -0.2) is 26.3 Å². The third-order valence-electron chi connectivity index (χ3n) is 3.73. The fraction of sp³-hybridized carbons (Fsp3) is 0.188. The number of rotatable bonds is 2. The van der Waals surface area contributed by atoms with E-state index in [4.69, 9.17) is 0 Å². The van der Waals surface area contributed by atoms with E-state index in [2.05, 4.69) is 20.0 Å². The van der Waals surface area contributed by atoms with E-state index in [1.807, 2.05) is 28.9 Å².